The van der Waals surface area contributed by atoms with E-state index in [1.54, 1.807) is 18.2 Å². The summed E-state index contributed by atoms with van der Waals surface area (Å²) in [6.07, 6.45) is 0.0637. The van der Waals surface area contributed by atoms with Crippen molar-refractivity contribution in [1.29, 1.82) is 0 Å². The third kappa shape index (κ3) is 2.50. The van der Waals surface area contributed by atoms with E-state index in [1.807, 2.05) is 37.3 Å². The molecule has 1 aliphatic rings. The third-order valence-corrected chi connectivity index (χ3v) is 4.33. The smallest absolute Gasteiger partial charge is 0.251 e. The molecule has 2 unspecified atom stereocenters. The normalized spacial score (nSPS) is 24.3. The molecule has 2 atom stereocenters. The summed E-state index contributed by atoms with van der Waals surface area (Å²) in [5.74, 6) is -0.151. The molecule has 3 nitrogen and oxygen atoms in total. The SMILES string of the molecule is CCC1OC(c2cccc(Cl)c2)(c2ccccc2Cl)NC1=O. The molecule has 0 saturated carbocycles. The molecule has 1 aliphatic heterocycles. The lowest BCUT2D eigenvalue weighted by Gasteiger charge is -2.30. The van der Waals surface area contributed by atoms with Gasteiger partial charge >= 0.3 is 0 Å². The van der Waals surface area contributed by atoms with E-state index in [4.69, 9.17) is 27.9 Å². The van der Waals surface area contributed by atoms with Crippen LogP contribution >= 0.6 is 23.2 Å². The minimum Gasteiger partial charge on any atom is -0.334 e. The molecule has 1 heterocycles. The second-order valence-electron chi connectivity index (χ2n) is 5.18. The zero-order chi connectivity index (χ0) is 15.7. The van der Waals surface area contributed by atoms with Gasteiger partial charge in [0.25, 0.3) is 5.91 Å². The molecule has 1 amide bonds. The first-order valence-corrected chi connectivity index (χ1v) is 7.83. The van der Waals surface area contributed by atoms with Gasteiger partial charge in [0, 0.05) is 21.2 Å². The van der Waals surface area contributed by atoms with Gasteiger partial charge in [-0.1, -0.05) is 60.5 Å². The summed E-state index contributed by atoms with van der Waals surface area (Å²) in [4.78, 5) is 12.3. The van der Waals surface area contributed by atoms with Crippen LogP contribution in [0.4, 0.5) is 0 Å². The minimum absolute atomic E-state index is 0.151. The maximum absolute atomic E-state index is 12.3. The van der Waals surface area contributed by atoms with Crippen molar-refractivity contribution in [1.82, 2.24) is 5.32 Å². The summed E-state index contributed by atoms with van der Waals surface area (Å²) < 4.78 is 6.11. The van der Waals surface area contributed by atoms with E-state index >= 15 is 0 Å². The fourth-order valence-electron chi connectivity index (χ4n) is 2.70. The van der Waals surface area contributed by atoms with Crippen LogP contribution in [-0.4, -0.2) is 12.0 Å². The molecule has 2 aromatic rings. The number of rotatable bonds is 3. The number of ether oxygens (including phenoxy) is 1. The lowest BCUT2D eigenvalue weighted by molar-refractivity contribution is -0.124. The van der Waals surface area contributed by atoms with Crippen molar-refractivity contribution in [2.75, 3.05) is 0 Å². The molecule has 0 aliphatic carbocycles. The average Bonchev–Trinajstić information content (AvgIpc) is 2.85. The van der Waals surface area contributed by atoms with Crippen molar-refractivity contribution in [2.24, 2.45) is 0 Å². The third-order valence-electron chi connectivity index (χ3n) is 3.77. The first kappa shape index (κ1) is 15.3. The monoisotopic (exact) mass is 335 g/mol. The van der Waals surface area contributed by atoms with Gasteiger partial charge in [0.1, 0.15) is 6.10 Å². The Hall–Kier alpha value is -1.55. The lowest BCUT2D eigenvalue weighted by Crippen LogP contribution is -2.41. The van der Waals surface area contributed by atoms with E-state index < -0.39 is 11.8 Å². The highest BCUT2D eigenvalue weighted by Crippen LogP contribution is 2.40. The highest BCUT2D eigenvalue weighted by Gasteiger charge is 2.48. The van der Waals surface area contributed by atoms with Crippen molar-refractivity contribution in [3.8, 4) is 0 Å². The number of hydrogen-bond donors (Lipinski definition) is 1. The van der Waals surface area contributed by atoms with Crippen LogP contribution in [0.25, 0.3) is 0 Å². The Morgan fingerprint density at radius 2 is 1.95 bits per heavy atom. The van der Waals surface area contributed by atoms with Crippen molar-refractivity contribution in [2.45, 2.75) is 25.2 Å². The van der Waals surface area contributed by atoms with Gasteiger partial charge in [-0.15, -0.1) is 0 Å². The van der Waals surface area contributed by atoms with Gasteiger partial charge in [0.2, 0.25) is 0 Å². The number of nitrogens with one attached hydrogen (secondary N) is 1. The number of halogens is 2. The lowest BCUT2D eigenvalue weighted by atomic mass is 9.94. The molecular weight excluding hydrogens is 321 g/mol. The Kier molecular flexibility index (Phi) is 4.13. The van der Waals surface area contributed by atoms with Crippen molar-refractivity contribution in [3.63, 3.8) is 0 Å². The fraction of sp³-hybridized carbons (Fsp3) is 0.235. The second-order valence-corrected chi connectivity index (χ2v) is 6.02. The van der Waals surface area contributed by atoms with E-state index in [0.29, 0.717) is 22.0 Å². The summed E-state index contributed by atoms with van der Waals surface area (Å²) in [5.41, 5.74) is 0.335. The molecular formula is C17H15Cl2NO2. The molecule has 114 valence electrons. The molecule has 1 saturated heterocycles. The van der Waals surface area contributed by atoms with Gasteiger partial charge in [0.15, 0.2) is 5.72 Å². The maximum Gasteiger partial charge on any atom is 0.251 e. The van der Waals surface area contributed by atoms with Gasteiger partial charge in [-0.25, -0.2) is 0 Å². The van der Waals surface area contributed by atoms with E-state index in [0.717, 1.165) is 5.56 Å². The summed E-state index contributed by atoms with van der Waals surface area (Å²) in [5, 5.41) is 4.06. The molecule has 3 rings (SSSR count). The Bertz CT molecular complexity index is 719. The Labute approximate surface area is 139 Å². The zero-order valence-corrected chi connectivity index (χ0v) is 13.5. The molecule has 2 aromatic carbocycles. The summed E-state index contributed by atoms with van der Waals surface area (Å²) in [6.45, 7) is 1.91. The molecule has 1 fully saturated rings. The summed E-state index contributed by atoms with van der Waals surface area (Å²) >= 11 is 12.5. The Morgan fingerprint density at radius 1 is 1.18 bits per heavy atom. The van der Waals surface area contributed by atoms with Crippen LogP contribution in [0, 0.1) is 0 Å². The topological polar surface area (TPSA) is 38.3 Å². The predicted molar refractivity (Wildman–Crippen MR) is 87.0 cm³/mol. The van der Waals surface area contributed by atoms with Crippen LogP contribution in [0.3, 0.4) is 0 Å². The fourth-order valence-corrected chi connectivity index (χ4v) is 3.16. The summed E-state index contributed by atoms with van der Waals surface area (Å²) in [6, 6.07) is 14.6. The number of hydrogen-bond acceptors (Lipinski definition) is 2. The van der Waals surface area contributed by atoms with Crippen molar-refractivity contribution in [3.05, 3.63) is 69.7 Å². The van der Waals surface area contributed by atoms with Gasteiger partial charge in [-0.3, -0.25) is 4.79 Å². The van der Waals surface area contributed by atoms with Crippen LogP contribution in [0.1, 0.15) is 24.5 Å². The van der Waals surface area contributed by atoms with Gasteiger partial charge < -0.3 is 10.1 Å². The van der Waals surface area contributed by atoms with Crippen molar-refractivity contribution >= 4 is 29.1 Å². The quantitative estimate of drug-likeness (QED) is 0.916. The van der Waals surface area contributed by atoms with Crippen LogP contribution in [0.5, 0.6) is 0 Å². The van der Waals surface area contributed by atoms with E-state index in [9.17, 15) is 4.79 Å². The van der Waals surface area contributed by atoms with Crippen molar-refractivity contribution < 1.29 is 9.53 Å². The molecule has 0 aromatic heterocycles. The predicted octanol–water partition coefficient (Wildman–Crippen LogP) is 4.12. The molecule has 0 bridgehead atoms. The standard InChI is InChI=1S/C17H15Cl2NO2/c1-2-15-16(21)20-17(22-15,11-6-5-7-12(18)10-11)13-8-3-4-9-14(13)19/h3-10,15H,2H2,1H3,(H,20,21). The van der Waals surface area contributed by atoms with Crippen LogP contribution in [-0.2, 0) is 15.3 Å². The van der Waals surface area contributed by atoms with Crippen LogP contribution in [0.15, 0.2) is 48.5 Å². The minimum atomic E-state index is -1.11. The van der Waals surface area contributed by atoms with Gasteiger partial charge in [0.05, 0.1) is 0 Å². The molecule has 22 heavy (non-hydrogen) atoms. The summed E-state index contributed by atoms with van der Waals surface area (Å²) in [7, 11) is 0. The van der Waals surface area contributed by atoms with E-state index in [2.05, 4.69) is 5.32 Å². The first-order chi connectivity index (χ1) is 10.6. The second kappa shape index (κ2) is 5.92. The van der Waals surface area contributed by atoms with E-state index in [-0.39, 0.29) is 5.91 Å². The van der Waals surface area contributed by atoms with Gasteiger partial charge in [-0.05, 0) is 24.6 Å². The highest BCUT2D eigenvalue weighted by molar-refractivity contribution is 6.31. The van der Waals surface area contributed by atoms with Crippen LogP contribution < -0.4 is 5.32 Å². The molecule has 0 spiro atoms. The number of carbonyl (C=O) groups is 1. The number of benzene rings is 2. The zero-order valence-electron chi connectivity index (χ0n) is 12.0. The van der Waals surface area contributed by atoms with Crippen LogP contribution in [0.2, 0.25) is 10.0 Å². The molecule has 0 radical (unpaired) electrons. The molecule has 5 heteroatoms. The Morgan fingerprint density at radius 3 is 2.59 bits per heavy atom. The Balaban J connectivity index is 2.20. The van der Waals surface area contributed by atoms with E-state index in [1.165, 1.54) is 0 Å². The number of carbonyl (C=O) groups excluding carboxylic acids is 1. The highest BCUT2D eigenvalue weighted by atomic mass is 35.5. The van der Waals surface area contributed by atoms with Gasteiger partial charge in [-0.2, -0.15) is 0 Å². The molecule has 1 N–H and O–H groups in total. The number of amides is 1. The average molecular weight is 336 g/mol. The maximum atomic E-state index is 12.3. The first-order valence-electron chi connectivity index (χ1n) is 7.07. The largest absolute Gasteiger partial charge is 0.334 e.